The normalized spacial score (nSPS) is 12.1. The molecule has 6 nitrogen and oxygen atoms in total. The van der Waals surface area contributed by atoms with Gasteiger partial charge in [0.25, 0.3) is 0 Å². The van der Waals surface area contributed by atoms with E-state index in [1.54, 1.807) is 6.92 Å². The van der Waals surface area contributed by atoms with E-state index in [9.17, 15) is 13.2 Å². The fourth-order valence-corrected chi connectivity index (χ4v) is 2.83. The number of amides is 1. The van der Waals surface area contributed by atoms with E-state index in [-0.39, 0.29) is 24.2 Å². The number of carbonyl (C=O) groups is 1. The van der Waals surface area contributed by atoms with Gasteiger partial charge in [0, 0.05) is 12.6 Å². The summed E-state index contributed by atoms with van der Waals surface area (Å²) < 4.78 is 24.8. The molecule has 17 heavy (non-hydrogen) atoms. The smallest absolute Gasteiger partial charge is 0.235 e. The predicted octanol–water partition coefficient (Wildman–Crippen LogP) is -0.488. The third kappa shape index (κ3) is 6.60. The molecule has 0 rings (SSSR count). The number of nitrogens with zero attached hydrogens (tertiary/aromatic N) is 1. The Bertz CT molecular complexity index is 328. The summed E-state index contributed by atoms with van der Waals surface area (Å²) in [4.78, 5) is 11.5. The van der Waals surface area contributed by atoms with E-state index in [2.05, 4.69) is 5.32 Å². The predicted molar refractivity (Wildman–Crippen MR) is 68.0 cm³/mol. The van der Waals surface area contributed by atoms with Crippen LogP contribution in [0.2, 0.25) is 0 Å². The fraction of sp³-hybridized carbons (Fsp3) is 0.900. The third-order valence-electron chi connectivity index (χ3n) is 2.12. The van der Waals surface area contributed by atoms with Gasteiger partial charge in [-0.25, -0.2) is 8.42 Å². The molecule has 0 aromatic carbocycles. The molecule has 0 aliphatic carbocycles. The molecule has 1 amide bonds. The van der Waals surface area contributed by atoms with E-state index in [0.29, 0.717) is 19.5 Å². The Labute approximate surface area is 104 Å². The van der Waals surface area contributed by atoms with Gasteiger partial charge in [-0.1, -0.05) is 6.92 Å². The van der Waals surface area contributed by atoms with Crippen molar-refractivity contribution in [3.63, 3.8) is 0 Å². The fourth-order valence-electron chi connectivity index (χ4n) is 1.33. The number of nitrogens with two attached hydrogens (primary N) is 1. The second kappa shape index (κ2) is 7.62. The van der Waals surface area contributed by atoms with Crippen molar-refractivity contribution >= 4 is 15.9 Å². The molecular weight excluding hydrogens is 242 g/mol. The van der Waals surface area contributed by atoms with Crippen molar-refractivity contribution in [2.24, 2.45) is 5.73 Å². The highest BCUT2D eigenvalue weighted by Gasteiger charge is 2.22. The summed E-state index contributed by atoms with van der Waals surface area (Å²) >= 11 is 0. The lowest BCUT2D eigenvalue weighted by Crippen LogP contribution is -2.43. The van der Waals surface area contributed by atoms with Crippen molar-refractivity contribution in [2.75, 3.05) is 25.4 Å². The van der Waals surface area contributed by atoms with Gasteiger partial charge in [0.2, 0.25) is 15.9 Å². The van der Waals surface area contributed by atoms with Crippen molar-refractivity contribution in [1.82, 2.24) is 9.62 Å². The molecule has 0 aromatic rings. The summed E-state index contributed by atoms with van der Waals surface area (Å²) in [5.74, 6) is -0.287. The zero-order valence-electron chi connectivity index (χ0n) is 10.8. The van der Waals surface area contributed by atoms with Gasteiger partial charge < -0.3 is 11.1 Å². The number of nitrogens with one attached hydrogen (secondary N) is 1. The number of hydrogen-bond donors (Lipinski definition) is 2. The van der Waals surface area contributed by atoms with E-state index in [4.69, 9.17) is 5.73 Å². The lowest BCUT2D eigenvalue weighted by atomic mass is 10.4. The molecule has 0 saturated heterocycles. The minimum absolute atomic E-state index is 0.00736. The minimum atomic E-state index is -3.37. The van der Waals surface area contributed by atoms with Crippen LogP contribution < -0.4 is 11.1 Å². The molecule has 0 spiro atoms. The molecule has 0 aliphatic heterocycles. The van der Waals surface area contributed by atoms with Crippen LogP contribution >= 0.6 is 0 Å². The molecule has 0 radical (unpaired) electrons. The quantitative estimate of drug-likeness (QED) is 0.619. The zero-order chi connectivity index (χ0) is 13.5. The molecule has 0 aliphatic rings. The Morgan fingerprint density at radius 2 is 2.00 bits per heavy atom. The van der Waals surface area contributed by atoms with Crippen LogP contribution in [0.5, 0.6) is 0 Å². The maximum Gasteiger partial charge on any atom is 0.235 e. The molecular formula is C10H23N3O3S. The van der Waals surface area contributed by atoms with E-state index < -0.39 is 10.0 Å². The van der Waals surface area contributed by atoms with Gasteiger partial charge >= 0.3 is 0 Å². The van der Waals surface area contributed by atoms with E-state index >= 15 is 0 Å². The number of rotatable bonds is 8. The number of sulfonamides is 1. The van der Waals surface area contributed by atoms with Crippen LogP contribution in [0.3, 0.4) is 0 Å². The van der Waals surface area contributed by atoms with Crippen molar-refractivity contribution in [3.05, 3.63) is 0 Å². The van der Waals surface area contributed by atoms with E-state index in [0.717, 1.165) is 0 Å². The topological polar surface area (TPSA) is 92.5 Å². The van der Waals surface area contributed by atoms with Crippen molar-refractivity contribution < 1.29 is 13.2 Å². The number of likely N-dealkylation sites (N-methyl/N-ethyl adjacent to an activating group) is 1. The first-order valence-corrected chi connectivity index (χ1v) is 7.41. The maximum atomic E-state index is 11.8. The van der Waals surface area contributed by atoms with Gasteiger partial charge in [0.05, 0.1) is 12.3 Å². The highest BCUT2D eigenvalue weighted by molar-refractivity contribution is 7.89. The molecule has 0 bridgehead atoms. The zero-order valence-corrected chi connectivity index (χ0v) is 11.6. The lowest BCUT2D eigenvalue weighted by Gasteiger charge is -2.20. The molecule has 0 saturated carbocycles. The van der Waals surface area contributed by atoms with E-state index in [1.807, 2.05) is 13.8 Å². The Morgan fingerprint density at radius 3 is 2.41 bits per heavy atom. The molecule has 0 unspecified atom stereocenters. The molecule has 7 heteroatoms. The van der Waals surface area contributed by atoms with Crippen LogP contribution in [0.4, 0.5) is 0 Å². The first-order valence-electron chi connectivity index (χ1n) is 5.80. The summed E-state index contributed by atoms with van der Waals surface area (Å²) in [7, 11) is -3.37. The van der Waals surface area contributed by atoms with Crippen molar-refractivity contribution in [2.45, 2.75) is 33.2 Å². The Hall–Kier alpha value is -0.660. The Balaban J connectivity index is 4.46. The number of carbonyl (C=O) groups excluding carboxylic acids is 1. The molecule has 3 N–H and O–H groups in total. The van der Waals surface area contributed by atoms with Crippen LogP contribution in [-0.2, 0) is 14.8 Å². The molecule has 0 fully saturated rings. The summed E-state index contributed by atoms with van der Waals surface area (Å²) in [6, 6.07) is 0.00736. The van der Waals surface area contributed by atoms with Crippen LogP contribution in [0.1, 0.15) is 27.2 Å². The monoisotopic (exact) mass is 265 g/mol. The lowest BCUT2D eigenvalue weighted by molar-refractivity contribution is -0.121. The first-order chi connectivity index (χ1) is 7.83. The van der Waals surface area contributed by atoms with Crippen LogP contribution in [0, 0.1) is 0 Å². The average molecular weight is 265 g/mol. The van der Waals surface area contributed by atoms with Gasteiger partial charge in [-0.3, -0.25) is 4.79 Å². The van der Waals surface area contributed by atoms with Gasteiger partial charge in [-0.2, -0.15) is 4.31 Å². The highest BCUT2D eigenvalue weighted by atomic mass is 32.2. The number of hydrogen-bond acceptors (Lipinski definition) is 4. The van der Waals surface area contributed by atoms with Crippen LogP contribution in [0.25, 0.3) is 0 Å². The van der Waals surface area contributed by atoms with Crippen LogP contribution in [-0.4, -0.2) is 50.1 Å². The largest absolute Gasteiger partial charge is 0.353 e. The first kappa shape index (κ1) is 16.3. The van der Waals surface area contributed by atoms with Crippen LogP contribution in [0.15, 0.2) is 0 Å². The summed E-state index contributed by atoms with van der Waals surface area (Å²) in [6.07, 6.45) is 0.407. The second-order valence-corrected chi connectivity index (χ2v) is 6.20. The highest BCUT2D eigenvalue weighted by Crippen LogP contribution is 2.02. The molecule has 0 heterocycles. The summed E-state index contributed by atoms with van der Waals surface area (Å²) in [6.45, 7) is 5.87. The maximum absolute atomic E-state index is 11.8. The van der Waals surface area contributed by atoms with Gasteiger partial charge in [0.15, 0.2) is 0 Å². The van der Waals surface area contributed by atoms with Gasteiger partial charge in [-0.15, -0.1) is 0 Å². The van der Waals surface area contributed by atoms with Gasteiger partial charge in [-0.05, 0) is 26.8 Å². The minimum Gasteiger partial charge on any atom is -0.353 e. The van der Waals surface area contributed by atoms with Crippen molar-refractivity contribution in [3.8, 4) is 0 Å². The Morgan fingerprint density at radius 1 is 1.41 bits per heavy atom. The average Bonchev–Trinajstić information content (AvgIpc) is 2.21. The molecule has 0 atom stereocenters. The van der Waals surface area contributed by atoms with Gasteiger partial charge in [0.1, 0.15) is 0 Å². The summed E-state index contributed by atoms with van der Waals surface area (Å²) in [5, 5.41) is 2.67. The van der Waals surface area contributed by atoms with E-state index in [1.165, 1.54) is 4.31 Å². The SMILES string of the molecule is CCN(CC(=O)NC(C)C)S(=O)(=O)CCCN. The summed E-state index contributed by atoms with van der Waals surface area (Å²) in [5.41, 5.74) is 5.28. The Kier molecular flexibility index (Phi) is 7.33. The van der Waals surface area contributed by atoms with Crippen molar-refractivity contribution in [1.29, 1.82) is 0 Å². The standard InChI is InChI=1S/C10H23N3O3S/c1-4-13(8-10(14)12-9(2)3)17(15,16)7-5-6-11/h9H,4-8,11H2,1-3H3,(H,12,14). The molecule has 0 aromatic heterocycles. The molecule has 102 valence electrons. The third-order valence-corrected chi connectivity index (χ3v) is 4.10. The second-order valence-electron chi connectivity index (χ2n) is 4.11.